The molecule has 9 heteroatoms. The number of fused-ring (bicyclic) bond motifs is 2. The van der Waals surface area contributed by atoms with Crippen LogP contribution >= 0.6 is 0 Å². The van der Waals surface area contributed by atoms with Crippen molar-refractivity contribution in [2.45, 2.75) is 45.2 Å². The highest BCUT2D eigenvalue weighted by atomic mass is 16.5. The number of rotatable bonds is 11. The molecule has 2 fully saturated rings. The van der Waals surface area contributed by atoms with Crippen molar-refractivity contribution in [1.82, 2.24) is 20.2 Å². The van der Waals surface area contributed by atoms with Gasteiger partial charge in [-0.3, -0.25) is 9.69 Å². The minimum atomic E-state index is -0.180. The Hall–Kier alpha value is -3.85. The van der Waals surface area contributed by atoms with Gasteiger partial charge in [-0.15, -0.1) is 0 Å². The molecule has 9 nitrogen and oxygen atoms in total. The largest absolute Gasteiger partial charge is 0.508 e. The number of phenolic OH excluding ortho intramolecular Hbond substituents is 1. The second-order valence-electron chi connectivity index (χ2n) is 11.4. The van der Waals surface area contributed by atoms with E-state index in [2.05, 4.69) is 39.6 Å². The summed E-state index contributed by atoms with van der Waals surface area (Å²) in [5, 5.41) is 15.5. The number of hydrogen-bond acceptors (Lipinski definition) is 8. The molecule has 1 aromatic heterocycles. The Balaban J connectivity index is 1.27. The van der Waals surface area contributed by atoms with Gasteiger partial charge in [0.15, 0.2) is 0 Å². The van der Waals surface area contributed by atoms with Crippen molar-refractivity contribution in [2.24, 2.45) is 5.92 Å². The second-order valence-corrected chi connectivity index (χ2v) is 11.4. The van der Waals surface area contributed by atoms with Gasteiger partial charge in [0.2, 0.25) is 5.91 Å². The van der Waals surface area contributed by atoms with Crippen molar-refractivity contribution >= 4 is 28.2 Å². The molecule has 0 radical (unpaired) electrons. The molecule has 3 aliphatic rings. The van der Waals surface area contributed by atoms with Gasteiger partial charge in [0.25, 0.3) is 0 Å². The molecule has 3 heterocycles. The lowest BCUT2D eigenvalue weighted by Crippen LogP contribution is -2.37. The number of aromatic hydroxyl groups is 1. The van der Waals surface area contributed by atoms with Gasteiger partial charge in [0.05, 0.1) is 18.8 Å². The highest BCUT2D eigenvalue weighted by Gasteiger charge is 2.35. The number of carbonyl (C=O) groups is 1. The number of likely N-dealkylation sites (tertiary alicyclic amines) is 1. The van der Waals surface area contributed by atoms with Crippen LogP contribution in [0.2, 0.25) is 0 Å². The van der Waals surface area contributed by atoms with E-state index in [4.69, 9.17) is 14.7 Å². The smallest absolute Gasteiger partial charge is 0.318 e. The van der Waals surface area contributed by atoms with E-state index >= 15 is 0 Å². The quantitative estimate of drug-likeness (QED) is 0.344. The van der Waals surface area contributed by atoms with Crippen molar-refractivity contribution < 1.29 is 14.6 Å². The maximum absolute atomic E-state index is 11.8. The van der Waals surface area contributed by atoms with Gasteiger partial charge in [-0.05, 0) is 56.7 Å². The van der Waals surface area contributed by atoms with Crippen LogP contribution in [0.3, 0.4) is 0 Å². The molecule has 1 atom stereocenters. The summed E-state index contributed by atoms with van der Waals surface area (Å²) in [6, 6.07) is 13.0. The summed E-state index contributed by atoms with van der Waals surface area (Å²) in [6.07, 6.45) is 5.87. The normalized spacial score (nSPS) is 18.8. The minimum absolute atomic E-state index is 0.180. The fourth-order valence-electron chi connectivity index (χ4n) is 6.22. The van der Waals surface area contributed by atoms with Crippen molar-refractivity contribution in [3.63, 3.8) is 0 Å². The molecule has 1 saturated heterocycles. The number of benzene rings is 2. The third kappa shape index (κ3) is 6.10. The molecule has 2 aromatic carbocycles. The lowest BCUT2D eigenvalue weighted by atomic mass is 10.0. The predicted octanol–water partition coefficient (Wildman–Crippen LogP) is 3.89. The van der Waals surface area contributed by atoms with Crippen LogP contribution in [-0.4, -0.2) is 77.8 Å². The van der Waals surface area contributed by atoms with Crippen LogP contribution in [-0.2, 0) is 17.8 Å². The van der Waals surface area contributed by atoms with Gasteiger partial charge in [-0.1, -0.05) is 30.8 Å². The van der Waals surface area contributed by atoms with E-state index in [-0.39, 0.29) is 11.7 Å². The van der Waals surface area contributed by atoms with E-state index in [0.717, 1.165) is 78.6 Å². The zero-order valence-corrected chi connectivity index (χ0v) is 23.9. The van der Waals surface area contributed by atoms with Gasteiger partial charge in [-0.2, -0.15) is 9.97 Å². The number of ether oxygens (including phenoxy) is 1. The number of aromatic nitrogens is 2. The predicted molar refractivity (Wildman–Crippen MR) is 162 cm³/mol. The standard InChI is InChI=1S/C32H40N6O3/c1-3-30(40)33-13-16-36(4-2)31-27-12-15-38(29-18-25(39)17-23-7-5-6-8-26(23)29)20-28(27)34-32(35-31)41-21-22-11-14-37(19-22)24-9-10-24/h3,5-8,17-18,22,24,39H,1,4,9-16,19-21H2,2H3,(H,33,40). The molecule has 6 rings (SSSR count). The Morgan fingerprint density at radius 2 is 2.07 bits per heavy atom. The van der Waals surface area contributed by atoms with Gasteiger partial charge in [0.1, 0.15) is 11.6 Å². The summed E-state index contributed by atoms with van der Waals surface area (Å²) in [6.45, 7) is 11.7. The Morgan fingerprint density at radius 1 is 1.22 bits per heavy atom. The maximum Gasteiger partial charge on any atom is 0.318 e. The lowest BCUT2D eigenvalue weighted by Gasteiger charge is -2.34. The van der Waals surface area contributed by atoms with Crippen molar-refractivity contribution in [2.75, 3.05) is 55.7 Å². The van der Waals surface area contributed by atoms with Gasteiger partial charge in [0, 0.05) is 67.4 Å². The maximum atomic E-state index is 11.8. The lowest BCUT2D eigenvalue weighted by molar-refractivity contribution is -0.116. The van der Waals surface area contributed by atoms with E-state index in [1.165, 1.54) is 18.9 Å². The number of anilines is 2. The van der Waals surface area contributed by atoms with Crippen LogP contribution < -0.4 is 19.9 Å². The summed E-state index contributed by atoms with van der Waals surface area (Å²) >= 11 is 0. The fraction of sp³-hybridized carbons (Fsp3) is 0.469. The van der Waals surface area contributed by atoms with Gasteiger partial charge >= 0.3 is 6.01 Å². The highest BCUT2D eigenvalue weighted by Crippen LogP contribution is 2.36. The zero-order chi connectivity index (χ0) is 28.3. The molecule has 41 heavy (non-hydrogen) atoms. The molecule has 1 saturated carbocycles. The number of hydrogen-bond donors (Lipinski definition) is 2. The monoisotopic (exact) mass is 556 g/mol. The number of nitrogens with one attached hydrogen (secondary N) is 1. The van der Waals surface area contributed by atoms with Crippen LogP contribution in [0.4, 0.5) is 11.5 Å². The van der Waals surface area contributed by atoms with Crippen molar-refractivity contribution in [1.29, 1.82) is 0 Å². The second kappa shape index (κ2) is 11.9. The first kappa shape index (κ1) is 27.3. The Labute approximate surface area is 241 Å². The molecule has 2 N–H and O–H groups in total. The van der Waals surface area contributed by atoms with Gasteiger partial charge in [-0.25, -0.2) is 0 Å². The van der Waals surface area contributed by atoms with E-state index in [1.54, 1.807) is 6.07 Å². The number of amides is 1. The van der Waals surface area contributed by atoms with Crippen LogP contribution in [0.25, 0.3) is 10.8 Å². The van der Waals surface area contributed by atoms with E-state index in [1.807, 2.05) is 24.3 Å². The SMILES string of the molecule is C=CC(=O)NCCN(CC)c1nc(OCC2CCN(C3CC3)C2)nc2c1CCN(c1cc(O)cc3ccccc13)C2. The number of phenols is 1. The number of nitrogens with zero attached hydrogens (tertiary/aromatic N) is 5. The third-order valence-electron chi connectivity index (χ3n) is 8.56. The molecule has 0 bridgehead atoms. The third-order valence-corrected chi connectivity index (χ3v) is 8.56. The first-order valence-electron chi connectivity index (χ1n) is 14.9. The van der Waals surface area contributed by atoms with E-state index < -0.39 is 0 Å². The van der Waals surface area contributed by atoms with Crippen molar-refractivity contribution in [3.8, 4) is 11.8 Å². The molecule has 1 unspecified atom stereocenters. The minimum Gasteiger partial charge on any atom is -0.508 e. The van der Waals surface area contributed by atoms with Crippen molar-refractivity contribution in [3.05, 3.63) is 60.3 Å². The average Bonchev–Trinajstić information content (AvgIpc) is 3.74. The van der Waals surface area contributed by atoms with E-state index in [9.17, 15) is 9.90 Å². The summed E-state index contributed by atoms with van der Waals surface area (Å²) < 4.78 is 6.31. The Morgan fingerprint density at radius 3 is 2.88 bits per heavy atom. The topological polar surface area (TPSA) is 94.1 Å². The molecular formula is C32H40N6O3. The Kier molecular flexibility index (Phi) is 7.96. The molecule has 1 aliphatic carbocycles. The molecule has 3 aromatic rings. The highest BCUT2D eigenvalue weighted by molar-refractivity contribution is 5.95. The summed E-state index contributed by atoms with van der Waals surface area (Å²) in [4.78, 5) is 28.7. The van der Waals surface area contributed by atoms with Crippen LogP contribution in [0.15, 0.2) is 49.1 Å². The van der Waals surface area contributed by atoms with Gasteiger partial charge < -0.3 is 25.0 Å². The van der Waals surface area contributed by atoms with E-state index in [0.29, 0.717) is 38.2 Å². The van der Waals surface area contributed by atoms with Crippen LogP contribution in [0.5, 0.6) is 11.8 Å². The molecule has 2 aliphatic heterocycles. The zero-order valence-electron chi connectivity index (χ0n) is 23.9. The molecular weight excluding hydrogens is 516 g/mol. The number of carbonyl (C=O) groups excluding carboxylic acids is 1. The average molecular weight is 557 g/mol. The molecule has 216 valence electrons. The number of likely N-dealkylation sites (N-methyl/N-ethyl adjacent to an activating group) is 1. The summed E-state index contributed by atoms with van der Waals surface area (Å²) in [5.41, 5.74) is 3.07. The first-order valence-corrected chi connectivity index (χ1v) is 14.9. The summed E-state index contributed by atoms with van der Waals surface area (Å²) in [5.74, 6) is 1.45. The first-order chi connectivity index (χ1) is 20.0. The van der Waals surface area contributed by atoms with Crippen LogP contribution in [0, 0.1) is 5.92 Å². The Bertz CT molecular complexity index is 1420. The molecule has 1 amide bonds. The summed E-state index contributed by atoms with van der Waals surface area (Å²) in [7, 11) is 0. The fourth-order valence-corrected chi connectivity index (χ4v) is 6.22. The van der Waals surface area contributed by atoms with Crippen LogP contribution in [0.1, 0.15) is 37.4 Å². The molecule has 0 spiro atoms.